The Balaban J connectivity index is 1.76. The molecular weight excluding hydrogens is 400 g/mol. The van der Waals surface area contributed by atoms with Crippen molar-refractivity contribution in [3.63, 3.8) is 0 Å². The number of hydrogen-bond donors (Lipinski definition) is 0. The summed E-state index contributed by atoms with van der Waals surface area (Å²) in [6.45, 7) is 4.27. The SMILES string of the molecule is COc1ccc(-c2cc(C)ccc2Sc2ccc(C)cc2-c2ccc(OC)cc2)cc1. The highest BCUT2D eigenvalue weighted by Gasteiger charge is 2.12. The second kappa shape index (κ2) is 9.32. The van der Waals surface area contributed by atoms with Crippen LogP contribution in [-0.4, -0.2) is 14.2 Å². The summed E-state index contributed by atoms with van der Waals surface area (Å²) in [6.07, 6.45) is 0. The minimum atomic E-state index is 0.867. The molecule has 0 N–H and O–H groups in total. The first-order chi connectivity index (χ1) is 15.1. The molecule has 2 nitrogen and oxygen atoms in total. The van der Waals surface area contributed by atoms with Crippen molar-refractivity contribution in [1.29, 1.82) is 0 Å². The van der Waals surface area contributed by atoms with Gasteiger partial charge in [0.15, 0.2) is 0 Å². The van der Waals surface area contributed by atoms with E-state index < -0.39 is 0 Å². The predicted octanol–water partition coefficient (Wildman–Crippen LogP) is 7.81. The second-order valence-corrected chi connectivity index (χ2v) is 8.64. The van der Waals surface area contributed by atoms with Crippen LogP contribution in [0.25, 0.3) is 22.3 Å². The van der Waals surface area contributed by atoms with E-state index in [1.807, 2.05) is 24.3 Å². The topological polar surface area (TPSA) is 18.5 Å². The Hall–Kier alpha value is -3.17. The molecule has 4 aromatic rings. The van der Waals surface area contributed by atoms with Gasteiger partial charge in [-0.05, 0) is 72.5 Å². The number of rotatable bonds is 6. The summed E-state index contributed by atoms with van der Waals surface area (Å²) < 4.78 is 10.7. The molecule has 4 aromatic carbocycles. The molecule has 156 valence electrons. The average Bonchev–Trinajstić information content (AvgIpc) is 2.81. The zero-order chi connectivity index (χ0) is 21.8. The van der Waals surface area contributed by atoms with Crippen LogP contribution in [0, 0.1) is 13.8 Å². The predicted molar refractivity (Wildman–Crippen MR) is 130 cm³/mol. The number of benzene rings is 4. The van der Waals surface area contributed by atoms with Crippen LogP contribution in [0.3, 0.4) is 0 Å². The fourth-order valence-electron chi connectivity index (χ4n) is 3.58. The van der Waals surface area contributed by atoms with Crippen LogP contribution < -0.4 is 9.47 Å². The maximum atomic E-state index is 5.33. The molecule has 31 heavy (non-hydrogen) atoms. The lowest BCUT2D eigenvalue weighted by Gasteiger charge is -2.15. The van der Waals surface area contributed by atoms with Gasteiger partial charge in [0, 0.05) is 9.79 Å². The first-order valence-corrected chi connectivity index (χ1v) is 11.1. The van der Waals surface area contributed by atoms with E-state index in [1.54, 1.807) is 26.0 Å². The van der Waals surface area contributed by atoms with Crippen molar-refractivity contribution in [2.45, 2.75) is 23.6 Å². The molecule has 4 rings (SSSR count). The molecule has 0 heterocycles. The van der Waals surface area contributed by atoms with E-state index in [0.29, 0.717) is 0 Å². The van der Waals surface area contributed by atoms with Crippen LogP contribution in [0.5, 0.6) is 11.5 Å². The van der Waals surface area contributed by atoms with Gasteiger partial charge in [-0.15, -0.1) is 0 Å². The van der Waals surface area contributed by atoms with Crippen molar-refractivity contribution in [3.05, 3.63) is 96.1 Å². The third kappa shape index (κ3) is 4.78. The number of methoxy groups -OCH3 is 2. The fraction of sp³-hybridized carbons (Fsp3) is 0.143. The van der Waals surface area contributed by atoms with Gasteiger partial charge in [-0.25, -0.2) is 0 Å². The first kappa shape index (κ1) is 21.1. The Bertz CT molecular complexity index is 1080. The molecule has 0 aliphatic carbocycles. The maximum absolute atomic E-state index is 5.33. The smallest absolute Gasteiger partial charge is 0.118 e. The molecule has 0 spiro atoms. The van der Waals surface area contributed by atoms with E-state index in [9.17, 15) is 0 Å². The zero-order valence-corrected chi connectivity index (χ0v) is 19.1. The molecule has 0 saturated carbocycles. The van der Waals surface area contributed by atoms with Gasteiger partial charge in [0.2, 0.25) is 0 Å². The van der Waals surface area contributed by atoms with Crippen LogP contribution in [0.2, 0.25) is 0 Å². The summed E-state index contributed by atoms with van der Waals surface area (Å²) in [7, 11) is 3.39. The van der Waals surface area contributed by atoms with Crippen molar-refractivity contribution in [3.8, 4) is 33.8 Å². The van der Waals surface area contributed by atoms with Crippen LogP contribution in [-0.2, 0) is 0 Å². The largest absolute Gasteiger partial charge is 0.497 e. The molecule has 0 aliphatic rings. The summed E-state index contributed by atoms with van der Waals surface area (Å²) in [4.78, 5) is 2.46. The Labute approximate surface area is 188 Å². The van der Waals surface area contributed by atoms with Gasteiger partial charge in [0.1, 0.15) is 11.5 Å². The molecular formula is C28H26O2S. The number of aryl methyl sites for hydroxylation is 2. The lowest BCUT2D eigenvalue weighted by Crippen LogP contribution is -1.89. The van der Waals surface area contributed by atoms with E-state index in [1.165, 1.54) is 43.2 Å². The minimum absolute atomic E-state index is 0.867. The third-order valence-corrected chi connectivity index (χ3v) is 6.44. The summed E-state index contributed by atoms with van der Waals surface area (Å²) in [6, 6.07) is 29.9. The Morgan fingerprint density at radius 2 is 0.903 bits per heavy atom. The standard InChI is InChI=1S/C28H26O2S/c1-19-5-15-27(25(17-19)21-7-11-23(29-3)12-8-21)31-28-16-6-20(2)18-26(28)22-9-13-24(30-4)14-10-22/h5-18H,1-4H3. The molecule has 0 aromatic heterocycles. The van der Waals surface area contributed by atoms with Crippen LogP contribution in [0.4, 0.5) is 0 Å². The van der Waals surface area contributed by atoms with Crippen molar-refractivity contribution < 1.29 is 9.47 Å². The average molecular weight is 427 g/mol. The van der Waals surface area contributed by atoms with Crippen molar-refractivity contribution in [2.75, 3.05) is 14.2 Å². The first-order valence-electron chi connectivity index (χ1n) is 10.3. The highest BCUT2D eigenvalue weighted by atomic mass is 32.2. The van der Waals surface area contributed by atoms with E-state index in [4.69, 9.17) is 9.47 Å². The lowest BCUT2D eigenvalue weighted by atomic mass is 10.0. The lowest BCUT2D eigenvalue weighted by molar-refractivity contribution is 0.415. The summed E-state index contributed by atoms with van der Waals surface area (Å²) >= 11 is 1.81. The quantitative estimate of drug-likeness (QED) is 0.313. The molecule has 0 amide bonds. The molecule has 0 fully saturated rings. The zero-order valence-electron chi connectivity index (χ0n) is 18.3. The second-order valence-electron chi connectivity index (χ2n) is 7.56. The molecule has 0 radical (unpaired) electrons. The molecule has 0 aliphatic heterocycles. The summed E-state index contributed by atoms with van der Waals surface area (Å²) in [5.41, 5.74) is 7.32. The number of hydrogen-bond acceptors (Lipinski definition) is 3. The van der Waals surface area contributed by atoms with Gasteiger partial charge in [-0.3, -0.25) is 0 Å². The fourth-order valence-corrected chi connectivity index (χ4v) is 4.66. The van der Waals surface area contributed by atoms with E-state index in [-0.39, 0.29) is 0 Å². The normalized spacial score (nSPS) is 10.7. The van der Waals surface area contributed by atoms with Gasteiger partial charge in [-0.2, -0.15) is 0 Å². The monoisotopic (exact) mass is 426 g/mol. The Morgan fingerprint density at radius 3 is 1.26 bits per heavy atom. The van der Waals surface area contributed by atoms with E-state index >= 15 is 0 Å². The summed E-state index contributed by atoms with van der Waals surface area (Å²) in [5.74, 6) is 1.73. The van der Waals surface area contributed by atoms with Gasteiger partial charge in [-0.1, -0.05) is 71.4 Å². The van der Waals surface area contributed by atoms with Crippen LogP contribution in [0.15, 0.2) is 94.7 Å². The molecule has 0 atom stereocenters. The Morgan fingerprint density at radius 1 is 0.516 bits per heavy atom. The Kier molecular flexibility index (Phi) is 6.34. The maximum Gasteiger partial charge on any atom is 0.118 e. The highest BCUT2D eigenvalue weighted by molar-refractivity contribution is 7.99. The van der Waals surface area contributed by atoms with Crippen LogP contribution in [0.1, 0.15) is 11.1 Å². The number of ether oxygens (including phenoxy) is 2. The van der Waals surface area contributed by atoms with E-state index in [0.717, 1.165) is 11.5 Å². The molecule has 3 heteroatoms. The molecule has 0 saturated heterocycles. The van der Waals surface area contributed by atoms with Crippen LogP contribution >= 0.6 is 11.8 Å². The van der Waals surface area contributed by atoms with Crippen molar-refractivity contribution in [1.82, 2.24) is 0 Å². The van der Waals surface area contributed by atoms with Gasteiger partial charge < -0.3 is 9.47 Å². The molecule has 0 unspecified atom stereocenters. The van der Waals surface area contributed by atoms with E-state index in [2.05, 4.69) is 74.5 Å². The van der Waals surface area contributed by atoms with Crippen molar-refractivity contribution >= 4 is 11.8 Å². The van der Waals surface area contributed by atoms with Gasteiger partial charge in [0.25, 0.3) is 0 Å². The summed E-state index contributed by atoms with van der Waals surface area (Å²) in [5, 5.41) is 0. The third-order valence-electron chi connectivity index (χ3n) is 5.29. The van der Waals surface area contributed by atoms with Gasteiger partial charge >= 0.3 is 0 Å². The van der Waals surface area contributed by atoms with Gasteiger partial charge in [0.05, 0.1) is 14.2 Å². The van der Waals surface area contributed by atoms with Crippen molar-refractivity contribution in [2.24, 2.45) is 0 Å². The highest BCUT2D eigenvalue weighted by Crippen LogP contribution is 2.41. The molecule has 0 bridgehead atoms. The minimum Gasteiger partial charge on any atom is -0.497 e.